The molecule has 0 bridgehead atoms. The number of hydrogen-bond acceptors (Lipinski definition) is 4. The van der Waals surface area contributed by atoms with Crippen LogP contribution in [-0.4, -0.2) is 51.0 Å². The first-order chi connectivity index (χ1) is 7.79. The van der Waals surface area contributed by atoms with Gasteiger partial charge in [0.05, 0.1) is 5.75 Å². The second kappa shape index (κ2) is 5.67. The van der Waals surface area contributed by atoms with Crippen molar-refractivity contribution < 1.29 is 8.42 Å². The van der Waals surface area contributed by atoms with Gasteiger partial charge >= 0.3 is 0 Å². The Morgan fingerprint density at radius 1 is 1.35 bits per heavy atom. The molecule has 17 heavy (non-hydrogen) atoms. The number of hydrogen-bond donors (Lipinski definition) is 1. The maximum atomic E-state index is 11.2. The van der Waals surface area contributed by atoms with E-state index in [0.717, 1.165) is 18.8 Å². The van der Waals surface area contributed by atoms with Gasteiger partial charge in [-0.1, -0.05) is 6.92 Å². The molecular weight excluding hydrogens is 236 g/mol. The largest absolute Gasteiger partial charge is 0.329 e. The molecule has 0 amide bonds. The molecule has 5 heteroatoms. The zero-order valence-corrected chi connectivity index (χ0v) is 12.1. The summed E-state index contributed by atoms with van der Waals surface area (Å²) in [4.78, 5) is 2.17. The molecule has 1 aliphatic carbocycles. The molecule has 1 saturated carbocycles. The predicted molar refractivity (Wildman–Crippen MR) is 71.8 cm³/mol. The summed E-state index contributed by atoms with van der Waals surface area (Å²) in [6, 6.07) is 0. The predicted octanol–water partition coefficient (Wildman–Crippen LogP) is 0.870. The van der Waals surface area contributed by atoms with E-state index in [-0.39, 0.29) is 11.3 Å². The van der Waals surface area contributed by atoms with Crippen LogP contribution in [0.15, 0.2) is 0 Å². The first-order valence-corrected chi connectivity index (χ1v) is 8.44. The fourth-order valence-corrected chi connectivity index (χ4v) is 3.19. The van der Waals surface area contributed by atoms with Crippen LogP contribution in [0, 0.1) is 5.92 Å². The molecule has 102 valence electrons. The lowest BCUT2D eigenvalue weighted by Crippen LogP contribution is -2.55. The monoisotopic (exact) mass is 262 g/mol. The molecule has 0 aromatic heterocycles. The zero-order chi connectivity index (χ0) is 13.1. The van der Waals surface area contributed by atoms with Crippen LogP contribution in [0.2, 0.25) is 0 Å². The summed E-state index contributed by atoms with van der Waals surface area (Å²) in [5.74, 6) is 0.999. The summed E-state index contributed by atoms with van der Waals surface area (Å²) in [5, 5.41) is 0. The summed E-state index contributed by atoms with van der Waals surface area (Å²) in [7, 11) is -0.878. The van der Waals surface area contributed by atoms with Gasteiger partial charge in [-0.05, 0) is 38.6 Å². The average molecular weight is 262 g/mol. The van der Waals surface area contributed by atoms with E-state index in [1.165, 1.54) is 19.1 Å². The average Bonchev–Trinajstić information content (AvgIpc) is 2.26. The van der Waals surface area contributed by atoms with Gasteiger partial charge in [-0.2, -0.15) is 0 Å². The van der Waals surface area contributed by atoms with Gasteiger partial charge in [0, 0.05) is 24.9 Å². The van der Waals surface area contributed by atoms with Crippen molar-refractivity contribution in [3.63, 3.8) is 0 Å². The van der Waals surface area contributed by atoms with E-state index in [2.05, 4.69) is 11.8 Å². The third kappa shape index (κ3) is 4.23. The van der Waals surface area contributed by atoms with Crippen molar-refractivity contribution in [1.29, 1.82) is 0 Å². The third-order valence-electron chi connectivity index (χ3n) is 4.19. The van der Waals surface area contributed by atoms with E-state index in [4.69, 9.17) is 5.73 Å². The standard InChI is InChI=1S/C12H26N2O2S/c1-11-4-6-12(10-13,7-5-11)14(2)8-9-17(3,15)16/h11H,4-10,13H2,1-3H3. The van der Waals surface area contributed by atoms with Crippen LogP contribution in [0.1, 0.15) is 32.6 Å². The highest BCUT2D eigenvalue weighted by atomic mass is 32.2. The van der Waals surface area contributed by atoms with E-state index in [1.54, 1.807) is 0 Å². The number of nitrogens with zero attached hydrogens (tertiary/aromatic N) is 1. The fourth-order valence-electron chi connectivity index (χ4n) is 2.58. The highest BCUT2D eigenvalue weighted by Crippen LogP contribution is 2.34. The minimum absolute atomic E-state index is 0.0250. The van der Waals surface area contributed by atoms with Crippen LogP contribution < -0.4 is 5.73 Å². The molecule has 2 N–H and O–H groups in total. The molecule has 0 radical (unpaired) electrons. The van der Waals surface area contributed by atoms with Crippen molar-refractivity contribution in [2.45, 2.75) is 38.1 Å². The Labute approximate surface area is 105 Å². The Morgan fingerprint density at radius 3 is 2.29 bits per heavy atom. The maximum absolute atomic E-state index is 11.2. The zero-order valence-electron chi connectivity index (χ0n) is 11.3. The van der Waals surface area contributed by atoms with Crippen LogP contribution >= 0.6 is 0 Å². The molecule has 1 fully saturated rings. The van der Waals surface area contributed by atoms with Gasteiger partial charge in [-0.3, -0.25) is 4.90 Å². The van der Waals surface area contributed by atoms with E-state index in [0.29, 0.717) is 13.1 Å². The summed E-state index contributed by atoms with van der Waals surface area (Å²) >= 11 is 0. The molecule has 0 heterocycles. The highest BCUT2D eigenvalue weighted by molar-refractivity contribution is 7.90. The van der Waals surface area contributed by atoms with Crippen LogP contribution in [0.5, 0.6) is 0 Å². The van der Waals surface area contributed by atoms with E-state index < -0.39 is 9.84 Å². The lowest BCUT2D eigenvalue weighted by atomic mass is 9.76. The Kier molecular flexibility index (Phi) is 4.98. The molecule has 0 spiro atoms. The van der Waals surface area contributed by atoms with Crippen LogP contribution in [-0.2, 0) is 9.84 Å². The van der Waals surface area contributed by atoms with Gasteiger partial charge < -0.3 is 5.73 Å². The smallest absolute Gasteiger partial charge is 0.148 e. The number of sulfone groups is 1. The van der Waals surface area contributed by atoms with Gasteiger partial charge in [0.1, 0.15) is 9.84 Å². The van der Waals surface area contributed by atoms with Crippen molar-refractivity contribution in [2.75, 3.05) is 32.1 Å². The number of nitrogens with two attached hydrogens (primary N) is 1. The number of likely N-dealkylation sites (N-methyl/N-ethyl adjacent to an activating group) is 1. The normalized spacial score (nSPS) is 30.8. The quantitative estimate of drug-likeness (QED) is 0.798. The van der Waals surface area contributed by atoms with Crippen molar-refractivity contribution in [3.8, 4) is 0 Å². The topological polar surface area (TPSA) is 63.4 Å². The lowest BCUT2D eigenvalue weighted by molar-refractivity contribution is 0.0733. The maximum Gasteiger partial charge on any atom is 0.148 e. The van der Waals surface area contributed by atoms with Gasteiger partial charge in [0.15, 0.2) is 0 Å². The first-order valence-electron chi connectivity index (χ1n) is 6.38. The van der Waals surface area contributed by atoms with Crippen molar-refractivity contribution in [1.82, 2.24) is 4.90 Å². The molecule has 4 nitrogen and oxygen atoms in total. The second-order valence-electron chi connectivity index (χ2n) is 5.66. The summed E-state index contributed by atoms with van der Waals surface area (Å²) in [6.07, 6.45) is 5.86. The highest BCUT2D eigenvalue weighted by Gasteiger charge is 2.36. The second-order valence-corrected chi connectivity index (χ2v) is 7.92. The Hall–Kier alpha value is -0.130. The van der Waals surface area contributed by atoms with Gasteiger partial charge in [-0.15, -0.1) is 0 Å². The van der Waals surface area contributed by atoms with Gasteiger partial charge in [-0.25, -0.2) is 8.42 Å². The fraction of sp³-hybridized carbons (Fsp3) is 1.00. The molecule has 0 aliphatic heterocycles. The number of rotatable bonds is 5. The van der Waals surface area contributed by atoms with Gasteiger partial charge in [0.2, 0.25) is 0 Å². The Balaban J connectivity index is 2.60. The molecule has 1 aliphatic rings. The summed E-state index contributed by atoms with van der Waals surface area (Å²) in [5.41, 5.74) is 5.96. The summed E-state index contributed by atoms with van der Waals surface area (Å²) in [6.45, 7) is 3.49. The lowest BCUT2D eigenvalue weighted by Gasteiger charge is -2.45. The van der Waals surface area contributed by atoms with E-state index >= 15 is 0 Å². The van der Waals surface area contributed by atoms with Crippen LogP contribution in [0.4, 0.5) is 0 Å². The third-order valence-corrected chi connectivity index (χ3v) is 5.12. The Bertz CT molecular complexity index is 332. The summed E-state index contributed by atoms with van der Waals surface area (Å²) < 4.78 is 22.4. The molecule has 0 saturated heterocycles. The molecule has 0 unspecified atom stereocenters. The minimum atomic E-state index is -2.89. The van der Waals surface area contributed by atoms with Gasteiger partial charge in [0.25, 0.3) is 0 Å². The van der Waals surface area contributed by atoms with Crippen LogP contribution in [0.25, 0.3) is 0 Å². The van der Waals surface area contributed by atoms with Crippen molar-refractivity contribution in [3.05, 3.63) is 0 Å². The molecule has 0 atom stereocenters. The molecule has 1 rings (SSSR count). The Morgan fingerprint density at radius 2 is 1.88 bits per heavy atom. The first kappa shape index (κ1) is 14.9. The molecule has 0 aromatic carbocycles. The molecule has 0 aromatic rings. The van der Waals surface area contributed by atoms with Crippen molar-refractivity contribution in [2.24, 2.45) is 11.7 Å². The minimum Gasteiger partial charge on any atom is -0.329 e. The van der Waals surface area contributed by atoms with Crippen LogP contribution in [0.3, 0.4) is 0 Å². The molecular formula is C12H26N2O2S. The SMILES string of the molecule is CC1CCC(CN)(N(C)CCS(C)(=O)=O)CC1. The van der Waals surface area contributed by atoms with Crippen molar-refractivity contribution >= 4 is 9.84 Å². The van der Waals surface area contributed by atoms with E-state index in [9.17, 15) is 8.42 Å². The van der Waals surface area contributed by atoms with E-state index in [1.807, 2.05) is 7.05 Å².